The van der Waals surface area contributed by atoms with E-state index in [2.05, 4.69) is 41.4 Å². The first-order valence-electron chi connectivity index (χ1n) is 7.39. The maximum absolute atomic E-state index is 11.3. The number of carboxylic acid groups (broad SMARTS) is 1. The van der Waals surface area contributed by atoms with Crippen molar-refractivity contribution in [1.82, 2.24) is 5.32 Å². The van der Waals surface area contributed by atoms with Gasteiger partial charge in [0.1, 0.15) is 6.04 Å². The number of nitrogens with zero attached hydrogens (tertiary/aromatic N) is 1. The van der Waals surface area contributed by atoms with E-state index in [4.69, 9.17) is 4.74 Å². The predicted molar refractivity (Wildman–Crippen MR) is 89.8 cm³/mol. The molecule has 0 bridgehead atoms. The van der Waals surface area contributed by atoms with Crippen LogP contribution in [0.4, 0.5) is 5.69 Å². The Morgan fingerprint density at radius 3 is 2.55 bits per heavy atom. The third-order valence-electron chi connectivity index (χ3n) is 4.10. The Bertz CT molecular complexity index is 507. The van der Waals surface area contributed by atoms with Crippen molar-refractivity contribution < 1.29 is 14.6 Å². The molecule has 2 unspecified atom stereocenters. The van der Waals surface area contributed by atoms with Crippen molar-refractivity contribution in [1.29, 1.82) is 0 Å². The second-order valence-corrected chi connectivity index (χ2v) is 7.12. The van der Waals surface area contributed by atoms with Crippen LogP contribution < -0.4 is 10.2 Å². The third kappa shape index (κ3) is 3.74. The number of thioether (sulfide) groups is 1. The summed E-state index contributed by atoms with van der Waals surface area (Å²) >= 11 is 1.76. The van der Waals surface area contributed by atoms with Gasteiger partial charge in [-0.1, -0.05) is 6.92 Å². The first kappa shape index (κ1) is 17.1. The first-order valence-corrected chi connectivity index (χ1v) is 8.27. The third-order valence-corrected chi connectivity index (χ3v) is 5.52. The predicted octanol–water partition coefficient (Wildman–Crippen LogP) is 1.92. The molecular weight excluding hydrogens is 300 g/mol. The highest BCUT2D eigenvalue weighted by molar-refractivity contribution is 8.00. The molecule has 2 rings (SSSR count). The SMILES string of the molecule is CNC(C(=O)O)[C@@H]1OCC(Sc2ccc(N(C)C)cc2)[C@@H]1C. The monoisotopic (exact) mass is 324 g/mol. The van der Waals surface area contributed by atoms with E-state index in [1.54, 1.807) is 18.8 Å². The zero-order valence-corrected chi connectivity index (χ0v) is 14.3. The Labute approximate surface area is 136 Å². The lowest BCUT2D eigenvalue weighted by atomic mass is 9.97. The largest absolute Gasteiger partial charge is 0.480 e. The molecule has 1 heterocycles. The lowest BCUT2D eigenvalue weighted by molar-refractivity contribution is -0.143. The molecule has 1 aromatic carbocycles. The molecule has 0 spiro atoms. The van der Waals surface area contributed by atoms with E-state index < -0.39 is 12.0 Å². The number of hydrogen-bond acceptors (Lipinski definition) is 5. The standard InChI is InChI=1S/C16H24N2O3S/c1-10-13(9-21-15(10)14(17-2)16(19)20)22-12-7-5-11(6-8-12)18(3)4/h5-8,10,13-15,17H,9H2,1-4H3,(H,19,20)/t10-,13?,14?,15+/m0/s1. The second-order valence-electron chi connectivity index (χ2n) is 5.81. The Balaban J connectivity index is 2.01. The number of nitrogens with one attached hydrogen (secondary N) is 1. The van der Waals surface area contributed by atoms with Crippen LogP contribution in [0.25, 0.3) is 0 Å². The van der Waals surface area contributed by atoms with Crippen LogP contribution in [0.2, 0.25) is 0 Å². The molecule has 0 aromatic heterocycles. The summed E-state index contributed by atoms with van der Waals surface area (Å²) in [5, 5.41) is 12.4. The molecule has 22 heavy (non-hydrogen) atoms. The maximum atomic E-state index is 11.3. The van der Waals surface area contributed by atoms with Gasteiger partial charge in [-0.05, 0) is 37.2 Å². The van der Waals surface area contributed by atoms with Gasteiger partial charge in [0.15, 0.2) is 0 Å². The number of likely N-dealkylation sites (N-methyl/N-ethyl adjacent to an activating group) is 1. The Morgan fingerprint density at radius 2 is 2.05 bits per heavy atom. The highest BCUT2D eigenvalue weighted by atomic mass is 32.2. The van der Waals surface area contributed by atoms with Crippen LogP contribution in [0, 0.1) is 5.92 Å². The summed E-state index contributed by atoms with van der Waals surface area (Å²) in [7, 11) is 5.70. The van der Waals surface area contributed by atoms with Gasteiger partial charge in [0.25, 0.3) is 0 Å². The molecule has 4 atom stereocenters. The number of carboxylic acids is 1. The second kappa shape index (κ2) is 7.35. The fourth-order valence-corrected chi connectivity index (χ4v) is 3.85. The minimum atomic E-state index is -0.861. The van der Waals surface area contributed by atoms with Crippen molar-refractivity contribution in [2.75, 3.05) is 32.6 Å². The van der Waals surface area contributed by atoms with E-state index >= 15 is 0 Å². The molecule has 1 aliphatic heterocycles. The average molecular weight is 324 g/mol. The number of ether oxygens (including phenoxy) is 1. The number of aliphatic carboxylic acids is 1. The molecule has 0 radical (unpaired) electrons. The molecule has 1 fully saturated rings. The highest BCUT2D eigenvalue weighted by Crippen LogP contribution is 2.37. The zero-order chi connectivity index (χ0) is 16.3. The molecule has 0 aliphatic carbocycles. The van der Waals surface area contributed by atoms with Gasteiger partial charge < -0.3 is 20.1 Å². The van der Waals surface area contributed by atoms with Crippen molar-refractivity contribution in [2.24, 2.45) is 5.92 Å². The molecule has 0 amide bonds. The number of benzene rings is 1. The number of carbonyl (C=O) groups is 1. The average Bonchev–Trinajstić information content (AvgIpc) is 2.82. The molecule has 2 N–H and O–H groups in total. The summed E-state index contributed by atoms with van der Waals surface area (Å²) < 4.78 is 5.75. The summed E-state index contributed by atoms with van der Waals surface area (Å²) in [6, 6.07) is 7.73. The van der Waals surface area contributed by atoms with Crippen molar-refractivity contribution in [3.8, 4) is 0 Å². The van der Waals surface area contributed by atoms with E-state index in [-0.39, 0.29) is 17.3 Å². The van der Waals surface area contributed by atoms with E-state index in [0.717, 1.165) is 0 Å². The summed E-state index contributed by atoms with van der Waals surface area (Å²) in [6.45, 7) is 2.65. The number of rotatable bonds is 6. The lowest BCUT2D eigenvalue weighted by Gasteiger charge is -2.23. The van der Waals surface area contributed by atoms with Gasteiger partial charge in [0, 0.05) is 29.9 Å². The van der Waals surface area contributed by atoms with Crippen molar-refractivity contribution >= 4 is 23.4 Å². The lowest BCUT2D eigenvalue weighted by Crippen LogP contribution is -2.46. The Morgan fingerprint density at radius 1 is 1.41 bits per heavy atom. The smallest absolute Gasteiger partial charge is 0.323 e. The van der Waals surface area contributed by atoms with Gasteiger partial charge in [0.2, 0.25) is 0 Å². The van der Waals surface area contributed by atoms with Crippen LogP contribution in [-0.4, -0.2) is 56.2 Å². The van der Waals surface area contributed by atoms with E-state index in [1.807, 2.05) is 14.1 Å². The van der Waals surface area contributed by atoms with Crippen LogP contribution in [-0.2, 0) is 9.53 Å². The van der Waals surface area contributed by atoms with Crippen LogP contribution in [0.5, 0.6) is 0 Å². The normalized spacial score (nSPS) is 25.9. The molecule has 122 valence electrons. The molecular formula is C16H24N2O3S. The van der Waals surface area contributed by atoms with Gasteiger partial charge in [-0.3, -0.25) is 4.79 Å². The summed E-state index contributed by atoms with van der Waals surface area (Å²) in [5.74, 6) is -0.688. The fraction of sp³-hybridized carbons (Fsp3) is 0.562. The van der Waals surface area contributed by atoms with Crippen molar-refractivity contribution in [3.05, 3.63) is 24.3 Å². The van der Waals surface area contributed by atoms with Crippen LogP contribution in [0.15, 0.2) is 29.2 Å². The Hall–Kier alpha value is -1.24. The van der Waals surface area contributed by atoms with E-state index in [1.165, 1.54) is 10.6 Å². The topological polar surface area (TPSA) is 61.8 Å². The zero-order valence-electron chi connectivity index (χ0n) is 13.4. The van der Waals surface area contributed by atoms with Gasteiger partial charge in [-0.2, -0.15) is 0 Å². The first-order chi connectivity index (χ1) is 10.4. The molecule has 1 aromatic rings. The van der Waals surface area contributed by atoms with Gasteiger partial charge in [-0.15, -0.1) is 11.8 Å². The Kier molecular flexibility index (Phi) is 5.72. The number of anilines is 1. The number of hydrogen-bond donors (Lipinski definition) is 2. The van der Waals surface area contributed by atoms with Gasteiger partial charge in [-0.25, -0.2) is 0 Å². The summed E-state index contributed by atoms with van der Waals surface area (Å²) in [5.41, 5.74) is 1.17. The summed E-state index contributed by atoms with van der Waals surface area (Å²) in [6.07, 6.45) is -0.291. The maximum Gasteiger partial charge on any atom is 0.323 e. The molecule has 1 saturated heterocycles. The van der Waals surface area contributed by atoms with Gasteiger partial charge >= 0.3 is 5.97 Å². The summed E-state index contributed by atoms with van der Waals surface area (Å²) in [4.78, 5) is 14.5. The van der Waals surface area contributed by atoms with Crippen molar-refractivity contribution in [3.63, 3.8) is 0 Å². The molecule has 5 nitrogen and oxygen atoms in total. The van der Waals surface area contributed by atoms with E-state index in [0.29, 0.717) is 6.61 Å². The van der Waals surface area contributed by atoms with Crippen molar-refractivity contribution in [2.45, 2.75) is 29.2 Å². The van der Waals surface area contributed by atoms with E-state index in [9.17, 15) is 9.90 Å². The molecule has 1 aliphatic rings. The highest BCUT2D eigenvalue weighted by Gasteiger charge is 2.41. The van der Waals surface area contributed by atoms with Gasteiger partial charge in [0.05, 0.1) is 12.7 Å². The van der Waals surface area contributed by atoms with Crippen LogP contribution in [0.1, 0.15) is 6.92 Å². The minimum absolute atomic E-state index is 0.173. The minimum Gasteiger partial charge on any atom is -0.480 e. The van der Waals surface area contributed by atoms with Crippen LogP contribution in [0.3, 0.4) is 0 Å². The molecule has 0 saturated carbocycles. The quantitative estimate of drug-likeness (QED) is 0.834. The van der Waals surface area contributed by atoms with Crippen LogP contribution >= 0.6 is 11.8 Å². The fourth-order valence-electron chi connectivity index (χ4n) is 2.69. The molecule has 6 heteroatoms.